The number of rotatable bonds is 1. The molecular formula is C20H27N3O2. The molecule has 0 atom stereocenters. The number of carbonyl (C=O) groups is 1. The molecule has 1 amide bonds. The van der Waals surface area contributed by atoms with Crippen molar-refractivity contribution in [3.8, 4) is 6.07 Å². The van der Waals surface area contributed by atoms with Gasteiger partial charge in [-0.1, -0.05) is 6.07 Å². The Hall–Kier alpha value is -2.06. The lowest BCUT2D eigenvalue weighted by molar-refractivity contribution is 0.0134. The van der Waals surface area contributed by atoms with Crippen molar-refractivity contribution in [3.05, 3.63) is 34.9 Å². The fraction of sp³-hybridized carbons (Fsp3) is 0.600. The molecular weight excluding hydrogens is 314 g/mol. The van der Waals surface area contributed by atoms with Crippen molar-refractivity contribution in [1.29, 1.82) is 5.26 Å². The number of nitriles is 1. The molecule has 0 bridgehead atoms. The summed E-state index contributed by atoms with van der Waals surface area (Å²) in [4.78, 5) is 16.5. The predicted molar refractivity (Wildman–Crippen MR) is 96.1 cm³/mol. The van der Waals surface area contributed by atoms with Gasteiger partial charge in [0, 0.05) is 32.2 Å². The Morgan fingerprint density at radius 3 is 2.56 bits per heavy atom. The molecule has 5 heteroatoms. The van der Waals surface area contributed by atoms with Gasteiger partial charge in [0.05, 0.1) is 11.6 Å². The number of hydrogen-bond acceptors (Lipinski definition) is 4. The van der Waals surface area contributed by atoms with Crippen LogP contribution in [0.1, 0.15) is 50.3 Å². The van der Waals surface area contributed by atoms with Gasteiger partial charge >= 0.3 is 6.09 Å². The minimum atomic E-state index is -0.442. The van der Waals surface area contributed by atoms with Crippen molar-refractivity contribution >= 4 is 6.09 Å². The smallest absolute Gasteiger partial charge is 0.410 e. The van der Waals surface area contributed by atoms with Crippen molar-refractivity contribution in [2.45, 2.75) is 58.2 Å². The summed E-state index contributed by atoms with van der Waals surface area (Å²) in [6, 6.07) is 8.76. The zero-order valence-electron chi connectivity index (χ0n) is 15.4. The standard InChI is InChI=1S/C20H27N3O2/c1-20(2,3)25-19(24)22-10-7-18(8-11-22)23-9-6-16-5-4-15(13-21)12-17(16)14-23/h4-5,12,18H,6-11,14H2,1-3H3. The van der Waals surface area contributed by atoms with Crippen LogP contribution in [0.4, 0.5) is 4.79 Å². The lowest BCUT2D eigenvalue weighted by Gasteiger charge is -2.40. The molecule has 1 fully saturated rings. The number of carbonyl (C=O) groups excluding carboxylic acids is 1. The van der Waals surface area contributed by atoms with Crippen LogP contribution < -0.4 is 0 Å². The molecule has 2 aliphatic heterocycles. The Balaban J connectivity index is 1.57. The lowest BCUT2D eigenvalue weighted by atomic mass is 9.94. The topological polar surface area (TPSA) is 56.6 Å². The number of piperidine rings is 1. The lowest BCUT2D eigenvalue weighted by Crippen LogP contribution is -2.49. The molecule has 1 aromatic rings. The van der Waals surface area contributed by atoms with E-state index >= 15 is 0 Å². The molecule has 5 nitrogen and oxygen atoms in total. The fourth-order valence-electron chi connectivity index (χ4n) is 3.70. The molecule has 0 aromatic heterocycles. The molecule has 2 heterocycles. The summed E-state index contributed by atoms with van der Waals surface area (Å²) in [5.74, 6) is 0. The number of benzene rings is 1. The normalized spacial score (nSPS) is 19.2. The van der Waals surface area contributed by atoms with Gasteiger partial charge in [-0.25, -0.2) is 4.79 Å². The number of hydrogen-bond donors (Lipinski definition) is 0. The summed E-state index contributed by atoms with van der Waals surface area (Å²) >= 11 is 0. The van der Waals surface area contributed by atoms with E-state index in [4.69, 9.17) is 10.00 Å². The van der Waals surface area contributed by atoms with E-state index in [2.05, 4.69) is 17.0 Å². The van der Waals surface area contributed by atoms with E-state index in [1.807, 2.05) is 37.8 Å². The molecule has 0 saturated carbocycles. The highest BCUT2D eigenvalue weighted by Crippen LogP contribution is 2.26. The minimum absolute atomic E-state index is 0.200. The van der Waals surface area contributed by atoms with Gasteiger partial charge in [0.15, 0.2) is 0 Å². The number of ether oxygens (including phenoxy) is 1. The zero-order chi connectivity index (χ0) is 18.0. The molecule has 0 spiro atoms. The van der Waals surface area contributed by atoms with Gasteiger partial charge in [0.25, 0.3) is 0 Å². The molecule has 0 N–H and O–H groups in total. The van der Waals surface area contributed by atoms with Crippen LogP contribution in [0.3, 0.4) is 0 Å². The third-order valence-electron chi connectivity index (χ3n) is 5.01. The highest BCUT2D eigenvalue weighted by atomic mass is 16.6. The highest BCUT2D eigenvalue weighted by Gasteiger charge is 2.30. The van der Waals surface area contributed by atoms with E-state index in [1.165, 1.54) is 11.1 Å². The van der Waals surface area contributed by atoms with E-state index < -0.39 is 5.60 Å². The third kappa shape index (κ3) is 4.32. The summed E-state index contributed by atoms with van der Waals surface area (Å²) in [7, 11) is 0. The van der Waals surface area contributed by atoms with Crippen molar-refractivity contribution in [2.24, 2.45) is 0 Å². The largest absolute Gasteiger partial charge is 0.444 e. The van der Waals surface area contributed by atoms with E-state index in [0.29, 0.717) is 6.04 Å². The second-order valence-corrected chi connectivity index (χ2v) is 8.01. The Morgan fingerprint density at radius 1 is 1.20 bits per heavy atom. The zero-order valence-corrected chi connectivity index (χ0v) is 15.4. The van der Waals surface area contributed by atoms with Crippen molar-refractivity contribution in [1.82, 2.24) is 9.80 Å². The average Bonchev–Trinajstić information content (AvgIpc) is 2.59. The first-order valence-electron chi connectivity index (χ1n) is 9.09. The molecule has 0 aliphatic carbocycles. The first-order valence-corrected chi connectivity index (χ1v) is 9.09. The van der Waals surface area contributed by atoms with Crippen LogP contribution in [-0.4, -0.2) is 47.2 Å². The van der Waals surface area contributed by atoms with E-state index in [9.17, 15) is 4.79 Å². The van der Waals surface area contributed by atoms with E-state index in [-0.39, 0.29) is 6.09 Å². The Bertz CT molecular complexity index is 679. The van der Waals surface area contributed by atoms with Crippen LogP contribution in [0.5, 0.6) is 0 Å². The van der Waals surface area contributed by atoms with Crippen LogP contribution in [-0.2, 0) is 17.7 Å². The van der Waals surface area contributed by atoms with Crippen LogP contribution in [0, 0.1) is 11.3 Å². The maximum atomic E-state index is 12.2. The van der Waals surface area contributed by atoms with E-state index in [1.54, 1.807) is 0 Å². The third-order valence-corrected chi connectivity index (χ3v) is 5.01. The highest BCUT2D eigenvalue weighted by molar-refractivity contribution is 5.68. The van der Waals surface area contributed by atoms with Gasteiger partial charge in [-0.3, -0.25) is 4.90 Å². The molecule has 0 radical (unpaired) electrons. The van der Waals surface area contributed by atoms with Gasteiger partial charge in [-0.15, -0.1) is 0 Å². The fourth-order valence-corrected chi connectivity index (χ4v) is 3.70. The van der Waals surface area contributed by atoms with Gasteiger partial charge in [-0.2, -0.15) is 5.26 Å². The monoisotopic (exact) mass is 341 g/mol. The van der Waals surface area contributed by atoms with Crippen LogP contribution in [0.15, 0.2) is 18.2 Å². The van der Waals surface area contributed by atoms with Crippen LogP contribution in [0.25, 0.3) is 0 Å². The summed E-state index contributed by atoms with van der Waals surface area (Å²) in [6.07, 6.45) is 2.79. The molecule has 1 aromatic carbocycles. The first kappa shape index (κ1) is 17.8. The summed E-state index contributed by atoms with van der Waals surface area (Å²) < 4.78 is 5.47. The van der Waals surface area contributed by atoms with Crippen molar-refractivity contribution < 1.29 is 9.53 Å². The first-order chi connectivity index (χ1) is 11.9. The molecule has 3 rings (SSSR count). The van der Waals surface area contributed by atoms with Gasteiger partial charge < -0.3 is 9.64 Å². The number of fused-ring (bicyclic) bond motifs is 1. The molecule has 2 aliphatic rings. The average molecular weight is 341 g/mol. The molecule has 25 heavy (non-hydrogen) atoms. The second-order valence-electron chi connectivity index (χ2n) is 8.01. The van der Waals surface area contributed by atoms with Crippen molar-refractivity contribution in [3.63, 3.8) is 0 Å². The molecule has 1 saturated heterocycles. The van der Waals surface area contributed by atoms with Crippen molar-refractivity contribution in [2.75, 3.05) is 19.6 Å². The summed E-state index contributed by atoms with van der Waals surface area (Å²) in [5.41, 5.74) is 2.94. The maximum absolute atomic E-state index is 12.2. The molecule has 0 unspecified atom stereocenters. The molecule has 134 valence electrons. The van der Waals surface area contributed by atoms with Crippen LogP contribution in [0.2, 0.25) is 0 Å². The quantitative estimate of drug-likeness (QED) is 0.786. The number of nitrogens with zero attached hydrogens (tertiary/aromatic N) is 3. The number of likely N-dealkylation sites (tertiary alicyclic amines) is 1. The summed E-state index contributed by atoms with van der Waals surface area (Å²) in [5, 5.41) is 9.10. The SMILES string of the molecule is CC(C)(C)OC(=O)N1CCC(N2CCc3ccc(C#N)cc3C2)CC1. The second kappa shape index (κ2) is 7.05. The summed E-state index contributed by atoms with van der Waals surface area (Å²) in [6.45, 7) is 9.16. The Kier molecular flexibility index (Phi) is 5.01. The van der Waals surface area contributed by atoms with Crippen LogP contribution >= 0.6 is 0 Å². The Labute approximate surface area is 150 Å². The Morgan fingerprint density at radius 2 is 1.92 bits per heavy atom. The van der Waals surface area contributed by atoms with Gasteiger partial charge in [0.2, 0.25) is 0 Å². The van der Waals surface area contributed by atoms with Gasteiger partial charge in [-0.05, 0) is 63.3 Å². The van der Waals surface area contributed by atoms with Gasteiger partial charge in [0.1, 0.15) is 5.60 Å². The number of amides is 1. The van der Waals surface area contributed by atoms with E-state index in [0.717, 1.165) is 51.0 Å². The maximum Gasteiger partial charge on any atom is 0.410 e. The minimum Gasteiger partial charge on any atom is -0.444 e. The predicted octanol–water partition coefficient (Wildman–Crippen LogP) is 3.32.